The number of anilines is 1. The minimum Gasteiger partial charge on any atom is -0.478 e. The van der Waals surface area contributed by atoms with Crippen molar-refractivity contribution in [3.63, 3.8) is 0 Å². The molecule has 0 saturated heterocycles. The fourth-order valence-electron chi connectivity index (χ4n) is 1.61. The maximum absolute atomic E-state index is 13.6. The van der Waals surface area contributed by atoms with Crippen LogP contribution >= 0.6 is 0 Å². The van der Waals surface area contributed by atoms with Crippen LogP contribution in [-0.2, 0) is 4.74 Å². The summed E-state index contributed by atoms with van der Waals surface area (Å²) >= 11 is 0. The number of hydrogen-bond acceptors (Lipinski definition) is 4. The Hall–Kier alpha value is -1.66. The molecular formula is C12H16FNO4. The molecule has 1 unspecified atom stereocenters. The topological polar surface area (TPSA) is 78.8 Å². The Bertz CT molecular complexity index is 405. The van der Waals surface area contributed by atoms with Gasteiger partial charge in [-0.3, -0.25) is 0 Å². The zero-order valence-electron chi connectivity index (χ0n) is 10.0. The molecule has 18 heavy (non-hydrogen) atoms. The maximum Gasteiger partial charge on any atom is 0.337 e. The lowest BCUT2D eigenvalue weighted by molar-refractivity contribution is 0.0697. The molecule has 0 aromatic heterocycles. The molecule has 6 heteroatoms. The number of methoxy groups -OCH3 is 1. The summed E-state index contributed by atoms with van der Waals surface area (Å²) in [5.41, 5.74) is -0.227. The van der Waals surface area contributed by atoms with E-state index in [1.54, 1.807) is 0 Å². The van der Waals surface area contributed by atoms with E-state index in [0.717, 1.165) is 0 Å². The lowest BCUT2D eigenvalue weighted by atomic mass is 10.1. The van der Waals surface area contributed by atoms with Crippen molar-refractivity contribution >= 4 is 11.7 Å². The first-order valence-electron chi connectivity index (χ1n) is 5.48. The Morgan fingerprint density at radius 2 is 2.28 bits per heavy atom. The Labute approximate surface area is 104 Å². The molecule has 1 aromatic rings. The predicted molar refractivity (Wildman–Crippen MR) is 64.3 cm³/mol. The van der Waals surface area contributed by atoms with Crippen LogP contribution in [0.2, 0.25) is 0 Å². The molecule has 0 bridgehead atoms. The lowest BCUT2D eigenvalue weighted by Crippen LogP contribution is -2.27. The fraction of sp³-hybridized carbons (Fsp3) is 0.417. The second-order valence-corrected chi connectivity index (χ2v) is 3.78. The SMILES string of the molecule is COCC(CCO)Nc1c(F)cccc1C(=O)O. The molecule has 0 radical (unpaired) electrons. The summed E-state index contributed by atoms with van der Waals surface area (Å²) < 4.78 is 18.5. The first-order valence-corrected chi connectivity index (χ1v) is 5.48. The molecule has 0 fully saturated rings. The molecule has 1 aromatic carbocycles. The van der Waals surface area contributed by atoms with Crippen LogP contribution < -0.4 is 5.32 Å². The Morgan fingerprint density at radius 3 is 2.83 bits per heavy atom. The summed E-state index contributed by atoms with van der Waals surface area (Å²) in [5, 5.41) is 20.6. The van der Waals surface area contributed by atoms with Crippen molar-refractivity contribution in [1.29, 1.82) is 0 Å². The standard InChI is InChI=1S/C12H16FNO4/c1-18-7-8(5-6-15)14-11-9(12(16)17)3-2-4-10(11)13/h2-4,8,14-15H,5-7H2,1H3,(H,16,17). The van der Waals surface area contributed by atoms with Crippen molar-refractivity contribution in [3.8, 4) is 0 Å². The van der Waals surface area contributed by atoms with E-state index >= 15 is 0 Å². The second kappa shape index (κ2) is 6.93. The Balaban J connectivity index is 2.96. The number of hydrogen-bond donors (Lipinski definition) is 3. The average molecular weight is 257 g/mol. The largest absolute Gasteiger partial charge is 0.478 e. The summed E-state index contributed by atoms with van der Waals surface area (Å²) in [6.45, 7) is 0.145. The average Bonchev–Trinajstić information content (AvgIpc) is 2.32. The van der Waals surface area contributed by atoms with Gasteiger partial charge in [0.25, 0.3) is 0 Å². The van der Waals surface area contributed by atoms with E-state index in [1.165, 1.54) is 25.3 Å². The molecule has 1 atom stereocenters. The van der Waals surface area contributed by atoms with Gasteiger partial charge in [0.2, 0.25) is 0 Å². The van der Waals surface area contributed by atoms with E-state index in [-0.39, 0.29) is 30.5 Å². The van der Waals surface area contributed by atoms with Crippen LogP contribution in [0, 0.1) is 5.82 Å². The van der Waals surface area contributed by atoms with Crippen molar-refractivity contribution in [3.05, 3.63) is 29.6 Å². The number of benzene rings is 1. The van der Waals surface area contributed by atoms with Crippen LogP contribution in [0.4, 0.5) is 10.1 Å². The highest BCUT2D eigenvalue weighted by Gasteiger charge is 2.17. The number of aliphatic hydroxyl groups excluding tert-OH is 1. The number of rotatable bonds is 7. The van der Waals surface area contributed by atoms with Gasteiger partial charge in [0.15, 0.2) is 0 Å². The molecular weight excluding hydrogens is 241 g/mol. The van der Waals surface area contributed by atoms with Crippen molar-refractivity contribution < 1.29 is 24.1 Å². The molecule has 0 spiro atoms. The van der Waals surface area contributed by atoms with Crippen LogP contribution in [-0.4, -0.2) is 42.5 Å². The highest BCUT2D eigenvalue weighted by atomic mass is 19.1. The predicted octanol–water partition coefficient (Wildman–Crippen LogP) is 1.33. The zero-order valence-corrected chi connectivity index (χ0v) is 10.0. The Morgan fingerprint density at radius 1 is 1.56 bits per heavy atom. The van der Waals surface area contributed by atoms with Crippen molar-refractivity contribution in [2.75, 3.05) is 25.6 Å². The van der Waals surface area contributed by atoms with Gasteiger partial charge in [0.1, 0.15) is 5.82 Å². The molecule has 3 N–H and O–H groups in total. The molecule has 0 saturated carbocycles. The van der Waals surface area contributed by atoms with Gasteiger partial charge in [-0.1, -0.05) is 6.07 Å². The van der Waals surface area contributed by atoms with E-state index in [9.17, 15) is 9.18 Å². The van der Waals surface area contributed by atoms with E-state index < -0.39 is 11.8 Å². The van der Waals surface area contributed by atoms with Gasteiger partial charge in [-0.05, 0) is 18.6 Å². The second-order valence-electron chi connectivity index (χ2n) is 3.78. The maximum atomic E-state index is 13.6. The minimum atomic E-state index is -1.21. The molecule has 0 aliphatic heterocycles. The third-order valence-corrected chi connectivity index (χ3v) is 2.44. The number of halogens is 1. The normalized spacial score (nSPS) is 12.2. The number of aliphatic hydroxyl groups is 1. The highest BCUT2D eigenvalue weighted by Crippen LogP contribution is 2.21. The smallest absolute Gasteiger partial charge is 0.337 e. The van der Waals surface area contributed by atoms with Crippen LogP contribution in [0.5, 0.6) is 0 Å². The molecule has 1 rings (SSSR count). The third-order valence-electron chi connectivity index (χ3n) is 2.44. The molecule has 0 heterocycles. The number of carboxylic acids is 1. The summed E-state index contributed by atoms with van der Waals surface area (Å²) in [6.07, 6.45) is 0.335. The van der Waals surface area contributed by atoms with Gasteiger partial charge < -0.3 is 20.3 Å². The quantitative estimate of drug-likeness (QED) is 0.687. The molecule has 0 aliphatic rings. The van der Waals surface area contributed by atoms with Crippen molar-refractivity contribution in [1.82, 2.24) is 0 Å². The molecule has 5 nitrogen and oxygen atoms in total. The number of para-hydroxylation sites is 1. The molecule has 100 valence electrons. The van der Waals surface area contributed by atoms with Gasteiger partial charge in [-0.15, -0.1) is 0 Å². The van der Waals surface area contributed by atoms with Gasteiger partial charge >= 0.3 is 5.97 Å². The summed E-state index contributed by atoms with van der Waals surface area (Å²) in [5.74, 6) is -1.86. The molecule has 0 aliphatic carbocycles. The number of carboxylic acid groups (broad SMARTS) is 1. The van der Waals surface area contributed by atoms with Gasteiger partial charge in [0.05, 0.1) is 23.9 Å². The highest BCUT2D eigenvalue weighted by molar-refractivity contribution is 5.94. The van der Waals surface area contributed by atoms with Gasteiger partial charge in [-0.2, -0.15) is 0 Å². The number of ether oxygens (including phenoxy) is 1. The van der Waals surface area contributed by atoms with Gasteiger partial charge in [0, 0.05) is 13.7 Å². The Kier molecular flexibility index (Phi) is 5.54. The lowest BCUT2D eigenvalue weighted by Gasteiger charge is -2.19. The summed E-state index contributed by atoms with van der Waals surface area (Å²) in [4.78, 5) is 11.0. The van der Waals surface area contributed by atoms with Crippen molar-refractivity contribution in [2.45, 2.75) is 12.5 Å². The number of carbonyl (C=O) groups is 1. The summed E-state index contributed by atoms with van der Waals surface area (Å²) in [6, 6.07) is 3.48. The number of nitrogens with one attached hydrogen (secondary N) is 1. The van der Waals surface area contributed by atoms with Gasteiger partial charge in [-0.25, -0.2) is 9.18 Å². The van der Waals surface area contributed by atoms with E-state index in [0.29, 0.717) is 6.42 Å². The first-order chi connectivity index (χ1) is 8.60. The van der Waals surface area contributed by atoms with Crippen LogP contribution in [0.15, 0.2) is 18.2 Å². The van der Waals surface area contributed by atoms with Crippen LogP contribution in [0.3, 0.4) is 0 Å². The van der Waals surface area contributed by atoms with E-state index in [4.69, 9.17) is 14.9 Å². The van der Waals surface area contributed by atoms with Crippen LogP contribution in [0.25, 0.3) is 0 Å². The van der Waals surface area contributed by atoms with Crippen LogP contribution in [0.1, 0.15) is 16.8 Å². The fourth-order valence-corrected chi connectivity index (χ4v) is 1.61. The summed E-state index contributed by atoms with van der Waals surface area (Å²) in [7, 11) is 1.48. The van der Waals surface area contributed by atoms with Crippen molar-refractivity contribution in [2.24, 2.45) is 0 Å². The first kappa shape index (κ1) is 14.4. The molecule has 0 amide bonds. The van der Waals surface area contributed by atoms with E-state index in [2.05, 4.69) is 5.32 Å². The monoisotopic (exact) mass is 257 g/mol. The number of aromatic carboxylic acids is 1. The third kappa shape index (κ3) is 3.68. The van der Waals surface area contributed by atoms with E-state index in [1.807, 2.05) is 0 Å². The minimum absolute atomic E-state index is 0.0829. The zero-order chi connectivity index (χ0) is 13.5.